The number of aliphatic carboxylic acids is 1. The first-order chi connectivity index (χ1) is 26.0. The summed E-state index contributed by atoms with van der Waals surface area (Å²) >= 11 is 0. The minimum absolute atomic E-state index is 0.0647. The number of unbranched alkanes of at least 4 members (excludes halogenated alkanes) is 29. The molecule has 0 heterocycles. The van der Waals surface area contributed by atoms with Crippen LogP contribution >= 0.6 is 0 Å². The van der Waals surface area contributed by atoms with Gasteiger partial charge in [0, 0.05) is 12.8 Å². The summed E-state index contributed by atoms with van der Waals surface area (Å²) in [6.07, 6.45) is 52.0. The highest BCUT2D eigenvalue weighted by Gasteiger charge is 2.11. The number of ether oxygens (including phenoxy) is 1. The van der Waals surface area contributed by atoms with E-state index in [-0.39, 0.29) is 24.5 Å². The summed E-state index contributed by atoms with van der Waals surface area (Å²) in [6, 6.07) is 0. The van der Waals surface area contributed by atoms with Gasteiger partial charge in [0.1, 0.15) is 12.6 Å². The Morgan fingerprint density at radius 2 is 0.925 bits per heavy atom. The number of carbonyl (C=O) groups is 3. The average molecular weight is 746 g/mol. The van der Waals surface area contributed by atoms with Crippen molar-refractivity contribution in [2.75, 3.05) is 6.54 Å². The van der Waals surface area contributed by atoms with E-state index >= 15 is 0 Å². The molecule has 0 aromatic heterocycles. The van der Waals surface area contributed by atoms with Crippen LogP contribution in [-0.2, 0) is 19.1 Å². The molecule has 0 aromatic carbocycles. The van der Waals surface area contributed by atoms with E-state index in [4.69, 9.17) is 9.84 Å². The largest absolute Gasteiger partial charge is 0.480 e. The number of carboxylic acids is 1. The van der Waals surface area contributed by atoms with E-state index in [0.29, 0.717) is 12.8 Å². The molecule has 6 nitrogen and oxygen atoms in total. The third-order valence-electron chi connectivity index (χ3n) is 10.4. The molecule has 0 aliphatic carbocycles. The van der Waals surface area contributed by atoms with Gasteiger partial charge >= 0.3 is 11.9 Å². The Hall–Kier alpha value is -2.11. The van der Waals surface area contributed by atoms with Gasteiger partial charge in [-0.05, 0) is 51.0 Å². The van der Waals surface area contributed by atoms with E-state index in [1.54, 1.807) is 0 Å². The van der Waals surface area contributed by atoms with Crippen molar-refractivity contribution in [3.8, 4) is 0 Å². The third-order valence-corrected chi connectivity index (χ3v) is 10.4. The quantitative estimate of drug-likeness (QED) is 0.0369. The monoisotopic (exact) mass is 746 g/mol. The number of amides is 1. The van der Waals surface area contributed by atoms with Crippen molar-refractivity contribution in [2.45, 2.75) is 251 Å². The molecule has 0 aliphatic rings. The maximum atomic E-state index is 12.7. The number of carbonyl (C=O) groups excluding carboxylic acids is 2. The van der Waals surface area contributed by atoms with E-state index in [1.165, 1.54) is 148 Å². The number of nitrogens with one attached hydrogen (secondary N) is 1. The lowest BCUT2D eigenvalue weighted by Crippen LogP contribution is -2.28. The van der Waals surface area contributed by atoms with Gasteiger partial charge in [0.2, 0.25) is 5.91 Å². The summed E-state index contributed by atoms with van der Waals surface area (Å²) in [5.41, 5.74) is 0. The summed E-state index contributed by atoms with van der Waals surface area (Å²) < 4.78 is 5.94. The molecule has 0 fully saturated rings. The van der Waals surface area contributed by atoms with Crippen LogP contribution in [0.4, 0.5) is 0 Å². The Kier molecular flexibility index (Phi) is 40.9. The first-order valence-corrected chi connectivity index (χ1v) is 23.0. The van der Waals surface area contributed by atoms with Crippen molar-refractivity contribution in [1.82, 2.24) is 5.32 Å². The highest BCUT2D eigenvalue weighted by Crippen LogP contribution is 2.17. The van der Waals surface area contributed by atoms with Crippen LogP contribution < -0.4 is 5.32 Å². The van der Waals surface area contributed by atoms with Gasteiger partial charge in [-0.25, -0.2) is 0 Å². The molecular weight excluding hydrogens is 659 g/mol. The molecular formula is C47H87NO5. The SMILES string of the molecule is CCCCCC/C=C\C/C=C\C(CCCCCCCCC(=O)NCC(=O)O)OC(=O)CCCCCCCCCCCCCCCCCCCCCCC. The summed E-state index contributed by atoms with van der Waals surface area (Å²) in [5.74, 6) is -1.27. The van der Waals surface area contributed by atoms with Gasteiger partial charge < -0.3 is 15.2 Å². The fraction of sp³-hybridized carbons (Fsp3) is 0.851. The first kappa shape index (κ1) is 50.9. The maximum absolute atomic E-state index is 12.7. The van der Waals surface area contributed by atoms with Gasteiger partial charge in [-0.2, -0.15) is 0 Å². The fourth-order valence-electron chi connectivity index (χ4n) is 6.94. The second-order valence-electron chi connectivity index (χ2n) is 15.7. The molecule has 0 aliphatic heterocycles. The van der Waals surface area contributed by atoms with Crippen molar-refractivity contribution in [3.05, 3.63) is 24.3 Å². The smallest absolute Gasteiger partial charge is 0.322 e. The van der Waals surface area contributed by atoms with Crippen LogP contribution in [-0.4, -0.2) is 35.6 Å². The molecule has 0 bridgehead atoms. The van der Waals surface area contributed by atoms with Crippen molar-refractivity contribution in [3.63, 3.8) is 0 Å². The lowest BCUT2D eigenvalue weighted by molar-refractivity contribution is -0.147. The molecule has 0 radical (unpaired) electrons. The zero-order valence-electron chi connectivity index (χ0n) is 35.1. The van der Waals surface area contributed by atoms with Crippen LogP contribution in [0.5, 0.6) is 0 Å². The molecule has 1 unspecified atom stereocenters. The minimum Gasteiger partial charge on any atom is -0.480 e. The number of esters is 1. The standard InChI is InChI=1S/C47H87NO5/c1-3-5-7-9-11-13-14-15-16-17-18-19-20-21-22-23-24-26-28-34-38-42-47(52)53-44(39-35-31-27-25-12-10-8-6-4-2)40-36-32-29-30-33-37-41-45(49)48-43-46(50)51/h25,27,35,39,44H,3-24,26,28-34,36-38,40-43H2,1-2H3,(H,48,49)(H,50,51)/b27-25-,39-35-. The highest BCUT2D eigenvalue weighted by atomic mass is 16.5. The molecule has 0 spiro atoms. The lowest BCUT2D eigenvalue weighted by atomic mass is 10.0. The average Bonchev–Trinajstić information content (AvgIpc) is 3.14. The normalized spacial score (nSPS) is 12.2. The molecule has 1 amide bonds. The van der Waals surface area contributed by atoms with Crippen molar-refractivity contribution >= 4 is 17.8 Å². The second kappa shape index (κ2) is 42.6. The number of rotatable bonds is 42. The van der Waals surface area contributed by atoms with Crippen molar-refractivity contribution in [2.24, 2.45) is 0 Å². The van der Waals surface area contributed by atoms with Crippen LogP contribution in [0, 0.1) is 0 Å². The van der Waals surface area contributed by atoms with Gasteiger partial charge in [-0.15, -0.1) is 0 Å². The van der Waals surface area contributed by atoms with E-state index in [0.717, 1.165) is 70.6 Å². The Balaban J connectivity index is 4.01. The Morgan fingerprint density at radius 3 is 1.40 bits per heavy atom. The summed E-state index contributed by atoms with van der Waals surface area (Å²) in [4.78, 5) is 34.9. The topological polar surface area (TPSA) is 92.7 Å². The van der Waals surface area contributed by atoms with Gasteiger partial charge in [-0.1, -0.05) is 205 Å². The lowest BCUT2D eigenvalue weighted by Gasteiger charge is -2.14. The Bertz CT molecular complexity index is 869. The molecule has 1 atom stereocenters. The number of carboxylic acid groups (broad SMARTS) is 1. The van der Waals surface area contributed by atoms with Crippen LogP contribution in [0.25, 0.3) is 0 Å². The molecule has 310 valence electrons. The zero-order valence-corrected chi connectivity index (χ0v) is 35.1. The predicted molar refractivity (Wildman–Crippen MR) is 226 cm³/mol. The second-order valence-corrected chi connectivity index (χ2v) is 15.7. The van der Waals surface area contributed by atoms with Gasteiger partial charge in [-0.3, -0.25) is 14.4 Å². The molecule has 2 N–H and O–H groups in total. The zero-order chi connectivity index (χ0) is 38.7. The number of hydrogen-bond donors (Lipinski definition) is 2. The molecule has 6 heteroatoms. The minimum atomic E-state index is -1.02. The van der Waals surface area contributed by atoms with Crippen molar-refractivity contribution < 1.29 is 24.2 Å². The maximum Gasteiger partial charge on any atom is 0.322 e. The molecule has 0 saturated carbocycles. The van der Waals surface area contributed by atoms with Crippen LogP contribution in [0.1, 0.15) is 245 Å². The van der Waals surface area contributed by atoms with E-state index in [1.807, 2.05) is 0 Å². The number of allylic oxidation sites excluding steroid dienone is 3. The summed E-state index contributed by atoms with van der Waals surface area (Å²) in [6.45, 7) is 4.22. The predicted octanol–water partition coefficient (Wildman–Crippen LogP) is 14.3. The highest BCUT2D eigenvalue weighted by molar-refractivity contribution is 5.80. The Morgan fingerprint density at radius 1 is 0.509 bits per heavy atom. The van der Waals surface area contributed by atoms with E-state index in [2.05, 4.69) is 43.5 Å². The first-order valence-electron chi connectivity index (χ1n) is 23.0. The summed E-state index contributed by atoms with van der Waals surface area (Å²) in [7, 11) is 0. The molecule has 0 saturated heterocycles. The van der Waals surface area contributed by atoms with Gasteiger partial charge in [0.05, 0.1) is 0 Å². The fourth-order valence-corrected chi connectivity index (χ4v) is 6.94. The van der Waals surface area contributed by atoms with E-state index in [9.17, 15) is 14.4 Å². The Labute approximate surface area is 328 Å². The van der Waals surface area contributed by atoms with Crippen molar-refractivity contribution in [1.29, 1.82) is 0 Å². The van der Waals surface area contributed by atoms with Crippen LogP contribution in [0.2, 0.25) is 0 Å². The van der Waals surface area contributed by atoms with E-state index < -0.39 is 5.97 Å². The van der Waals surface area contributed by atoms with Gasteiger partial charge in [0.25, 0.3) is 0 Å². The molecule has 53 heavy (non-hydrogen) atoms. The van der Waals surface area contributed by atoms with Crippen LogP contribution in [0.15, 0.2) is 24.3 Å². The summed E-state index contributed by atoms with van der Waals surface area (Å²) in [5, 5.41) is 11.1. The third kappa shape index (κ3) is 42.5. The van der Waals surface area contributed by atoms with Gasteiger partial charge in [0.15, 0.2) is 0 Å². The molecule has 0 aromatic rings. The molecule has 0 rings (SSSR count). The van der Waals surface area contributed by atoms with Crippen LogP contribution in [0.3, 0.4) is 0 Å². The number of hydrogen-bond acceptors (Lipinski definition) is 4.